The topological polar surface area (TPSA) is 35.5 Å². The van der Waals surface area contributed by atoms with Gasteiger partial charge in [0.05, 0.1) is 6.61 Å². The molecule has 4 heteroatoms. The van der Waals surface area contributed by atoms with E-state index >= 15 is 0 Å². The summed E-state index contributed by atoms with van der Waals surface area (Å²) in [6.07, 6.45) is 2.55. The fourth-order valence-electron chi connectivity index (χ4n) is 2.43. The lowest BCUT2D eigenvalue weighted by molar-refractivity contribution is 0.104. The molecule has 22 heavy (non-hydrogen) atoms. The van der Waals surface area contributed by atoms with Gasteiger partial charge in [-0.05, 0) is 42.5 Å². The zero-order chi connectivity index (χ0) is 15.9. The van der Waals surface area contributed by atoms with E-state index in [-0.39, 0.29) is 0 Å². The lowest BCUT2D eigenvalue weighted by atomic mass is 10.1. The summed E-state index contributed by atoms with van der Waals surface area (Å²) in [4.78, 5) is 11.6. The summed E-state index contributed by atoms with van der Waals surface area (Å²) in [5.74, 6) is 1.25. The number of hydrogen-bond acceptors (Lipinski definition) is 4. The van der Waals surface area contributed by atoms with Crippen molar-refractivity contribution in [2.24, 2.45) is 0 Å². The zero-order valence-corrected chi connectivity index (χ0v) is 14.0. The quantitative estimate of drug-likeness (QED) is 0.594. The van der Waals surface area contributed by atoms with E-state index in [1.54, 1.807) is 6.92 Å². The van der Waals surface area contributed by atoms with Crippen LogP contribution >= 0.6 is 12.6 Å². The molecule has 0 unspecified atom stereocenters. The number of rotatable bonds is 6. The van der Waals surface area contributed by atoms with Crippen LogP contribution in [0.3, 0.4) is 0 Å². The second-order valence-corrected chi connectivity index (χ2v) is 5.47. The molecule has 0 aromatic carbocycles. The standard InChI is InChI=1S/C18H22O3S/c1-3-5-6-14-11-17(21-18(19)20-4-2)16-10-8-13(12-22)7-9-15(14)16/h7-11,22H,3-6,12H2,1-2H3. The van der Waals surface area contributed by atoms with Crippen LogP contribution in [0.25, 0.3) is 11.1 Å². The summed E-state index contributed by atoms with van der Waals surface area (Å²) in [5, 5.41) is 0. The monoisotopic (exact) mass is 318 g/mol. The van der Waals surface area contributed by atoms with Crippen LogP contribution in [-0.2, 0) is 16.9 Å². The van der Waals surface area contributed by atoms with Crippen molar-refractivity contribution < 1.29 is 14.3 Å². The maximum absolute atomic E-state index is 11.6. The van der Waals surface area contributed by atoms with E-state index in [0.717, 1.165) is 36.0 Å². The van der Waals surface area contributed by atoms with Crippen molar-refractivity contribution in [3.8, 4) is 16.9 Å². The average Bonchev–Trinajstić information content (AvgIpc) is 2.70. The molecule has 0 spiro atoms. The highest BCUT2D eigenvalue weighted by molar-refractivity contribution is 7.79. The highest BCUT2D eigenvalue weighted by Crippen LogP contribution is 2.38. The minimum atomic E-state index is -0.655. The molecule has 0 aromatic rings. The Morgan fingerprint density at radius 3 is 2.50 bits per heavy atom. The third-order valence-corrected chi connectivity index (χ3v) is 3.94. The van der Waals surface area contributed by atoms with Crippen LogP contribution in [0, 0.1) is 0 Å². The van der Waals surface area contributed by atoms with Gasteiger partial charge < -0.3 is 9.47 Å². The first-order valence-corrected chi connectivity index (χ1v) is 8.32. The number of ether oxygens (including phenoxy) is 2. The Morgan fingerprint density at radius 2 is 1.86 bits per heavy atom. The molecule has 3 nitrogen and oxygen atoms in total. The van der Waals surface area contributed by atoms with Gasteiger partial charge >= 0.3 is 6.16 Å². The number of fused-ring (bicyclic) bond motifs is 1. The fourth-order valence-corrected chi connectivity index (χ4v) is 2.64. The van der Waals surface area contributed by atoms with Gasteiger partial charge in [-0.3, -0.25) is 0 Å². The molecular formula is C18H22O3S. The predicted molar refractivity (Wildman–Crippen MR) is 92.0 cm³/mol. The van der Waals surface area contributed by atoms with Crippen molar-refractivity contribution in [3.63, 3.8) is 0 Å². The molecule has 0 fully saturated rings. The summed E-state index contributed by atoms with van der Waals surface area (Å²) in [6.45, 7) is 4.23. The van der Waals surface area contributed by atoms with Gasteiger partial charge in [0.2, 0.25) is 0 Å². The lowest BCUT2D eigenvalue weighted by Crippen LogP contribution is -2.09. The number of aryl methyl sites for hydroxylation is 1. The molecule has 0 amide bonds. The summed E-state index contributed by atoms with van der Waals surface area (Å²) in [6, 6.07) is 10.1. The number of thiol groups is 1. The average molecular weight is 318 g/mol. The van der Waals surface area contributed by atoms with Crippen LogP contribution in [-0.4, -0.2) is 12.8 Å². The zero-order valence-electron chi connectivity index (χ0n) is 13.1. The highest BCUT2D eigenvalue weighted by atomic mass is 32.1. The Balaban J connectivity index is 2.40. The van der Waals surface area contributed by atoms with Crippen molar-refractivity contribution >= 4 is 18.8 Å². The number of unbranched alkanes of at least 4 members (excludes halogenated alkanes) is 1. The first-order valence-electron chi connectivity index (χ1n) is 7.69. The largest absolute Gasteiger partial charge is 0.513 e. The molecular weight excluding hydrogens is 296 g/mol. The van der Waals surface area contributed by atoms with Crippen molar-refractivity contribution in [2.45, 2.75) is 38.9 Å². The molecule has 0 aliphatic heterocycles. The molecule has 2 rings (SSSR count). The van der Waals surface area contributed by atoms with E-state index in [9.17, 15) is 4.79 Å². The molecule has 2 aliphatic rings. The number of carbonyl (C=O) groups excluding carboxylic acids is 1. The molecule has 0 atom stereocenters. The van der Waals surface area contributed by atoms with Gasteiger partial charge in [-0.1, -0.05) is 37.6 Å². The van der Waals surface area contributed by atoms with E-state index in [1.807, 2.05) is 18.2 Å². The molecule has 0 bridgehead atoms. The van der Waals surface area contributed by atoms with Gasteiger partial charge in [-0.25, -0.2) is 4.79 Å². The first kappa shape index (κ1) is 16.7. The highest BCUT2D eigenvalue weighted by Gasteiger charge is 2.18. The van der Waals surface area contributed by atoms with Crippen LogP contribution in [0.5, 0.6) is 5.75 Å². The van der Waals surface area contributed by atoms with Gasteiger partial charge in [0.1, 0.15) is 5.75 Å². The molecule has 118 valence electrons. The molecule has 0 saturated carbocycles. The maximum Gasteiger partial charge on any atom is 0.513 e. The van der Waals surface area contributed by atoms with Crippen LogP contribution in [0.1, 0.15) is 37.8 Å². The second kappa shape index (κ2) is 8.08. The summed E-state index contributed by atoms with van der Waals surface area (Å²) < 4.78 is 10.2. The van der Waals surface area contributed by atoms with E-state index in [2.05, 4.69) is 31.7 Å². The van der Waals surface area contributed by atoms with Gasteiger partial charge in [0.15, 0.2) is 0 Å². The molecule has 0 radical (unpaired) electrons. The third kappa shape index (κ3) is 3.95. The predicted octanol–water partition coefficient (Wildman–Crippen LogP) is 5.10. The fraction of sp³-hybridized carbons (Fsp3) is 0.389. The van der Waals surface area contributed by atoms with Crippen molar-refractivity contribution in [3.05, 3.63) is 41.5 Å². The smallest absolute Gasteiger partial charge is 0.434 e. The van der Waals surface area contributed by atoms with Crippen LogP contribution in [0.15, 0.2) is 30.3 Å². The normalized spacial score (nSPS) is 10.7. The van der Waals surface area contributed by atoms with Crippen LogP contribution in [0.4, 0.5) is 4.79 Å². The van der Waals surface area contributed by atoms with Gasteiger partial charge in [-0.2, -0.15) is 12.6 Å². The van der Waals surface area contributed by atoms with E-state index < -0.39 is 6.16 Å². The van der Waals surface area contributed by atoms with E-state index in [0.29, 0.717) is 18.1 Å². The molecule has 2 aliphatic carbocycles. The van der Waals surface area contributed by atoms with Gasteiger partial charge in [0, 0.05) is 11.3 Å². The van der Waals surface area contributed by atoms with Gasteiger partial charge in [-0.15, -0.1) is 0 Å². The number of carbonyl (C=O) groups is 1. The Labute approximate surface area is 137 Å². The van der Waals surface area contributed by atoms with Crippen molar-refractivity contribution in [2.75, 3.05) is 6.61 Å². The Kier molecular flexibility index (Phi) is 6.13. The molecule has 0 heterocycles. The van der Waals surface area contributed by atoms with E-state index in [4.69, 9.17) is 9.47 Å². The minimum Gasteiger partial charge on any atom is -0.434 e. The summed E-state index contributed by atoms with van der Waals surface area (Å²) in [5.41, 5.74) is 4.40. The maximum atomic E-state index is 11.6. The van der Waals surface area contributed by atoms with Crippen molar-refractivity contribution in [1.82, 2.24) is 0 Å². The van der Waals surface area contributed by atoms with Crippen LogP contribution < -0.4 is 4.74 Å². The first-order chi connectivity index (χ1) is 10.7. The number of hydrogen-bond donors (Lipinski definition) is 1. The molecule has 0 aromatic heterocycles. The molecule has 0 saturated heterocycles. The van der Waals surface area contributed by atoms with Crippen molar-refractivity contribution in [1.29, 1.82) is 0 Å². The summed E-state index contributed by atoms with van der Waals surface area (Å²) in [7, 11) is 0. The second-order valence-electron chi connectivity index (χ2n) is 5.15. The SMILES string of the molecule is CCCCc1cc(OC(=O)OCC)c2ccc(CS)ccc1-2. The Bertz CT molecular complexity index is 610. The Hall–Kier alpha value is -1.68. The van der Waals surface area contributed by atoms with Gasteiger partial charge in [0.25, 0.3) is 0 Å². The third-order valence-electron chi connectivity index (χ3n) is 3.57. The lowest BCUT2D eigenvalue weighted by Gasteiger charge is -2.03. The molecule has 0 N–H and O–H groups in total. The Morgan fingerprint density at radius 1 is 1.14 bits per heavy atom. The van der Waals surface area contributed by atoms with Crippen LogP contribution in [0.2, 0.25) is 0 Å². The van der Waals surface area contributed by atoms with E-state index in [1.165, 1.54) is 5.56 Å². The summed E-state index contributed by atoms with van der Waals surface area (Å²) >= 11 is 4.32. The minimum absolute atomic E-state index is 0.303.